The van der Waals surface area contributed by atoms with E-state index >= 15 is 0 Å². The molecule has 0 N–H and O–H groups in total. The highest BCUT2D eigenvalue weighted by Crippen LogP contribution is 2.13. The number of hydrogen-bond acceptors (Lipinski definition) is 3. The maximum absolute atomic E-state index is 4.64. The summed E-state index contributed by atoms with van der Waals surface area (Å²) in [6, 6.07) is 0. The fourth-order valence-electron chi connectivity index (χ4n) is 2.19. The van der Waals surface area contributed by atoms with Gasteiger partial charge in [-0.15, -0.1) is 0 Å². The number of allylic oxidation sites excluding steroid dienone is 9. The van der Waals surface area contributed by atoms with E-state index < -0.39 is 0 Å². The summed E-state index contributed by atoms with van der Waals surface area (Å²) in [5, 5.41) is 0. The molecule has 0 bridgehead atoms. The van der Waals surface area contributed by atoms with Crippen LogP contribution in [0.3, 0.4) is 0 Å². The highest BCUT2D eigenvalue weighted by Gasteiger charge is 2.09. The van der Waals surface area contributed by atoms with Crippen molar-refractivity contribution in [1.29, 1.82) is 0 Å². The summed E-state index contributed by atoms with van der Waals surface area (Å²) in [5.41, 5.74) is 2.18. The molecule has 0 aromatic carbocycles. The standard InChI is InChI=1S/C22H31N3/c1-7-10-14-19(6)22-24-20(9-3)23-21(25-22)16-12-11-15-18(5)17(4)13-8-2/h8,10-15,19H,4,7,9,16H2,1-3,5-6H3/b12-11-,13-8-,14-10-,18-15+. The molecular weight excluding hydrogens is 306 g/mol. The van der Waals surface area contributed by atoms with Crippen LogP contribution in [0.2, 0.25) is 0 Å². The lowest BCUT2D eigenvalue weighted by molar-refractivity contribution is 0.746. The Hall–Kier alpha value is -2.29. The summed E-state index contributed by atoms with van der Waals surface area (Å²) in [6.07, 6.45) is 17.1. The van der Waals surface area contributed by atoms with Crippen molar-refractivity contribution >= 4 is 0 Å². The Balaban J connectivity index is 2.87. The number of hydrogen-bond donors (Lipinski definition) is 0. The zero-order valence-corrected chi connectivity index (χ0v) is 16.3. The van der Waals surface area contributed by atoms with Gasteiger partial charge in [0, 0.05) is 18.8 Å². The van der Waals surface area contributed by atoms with Gasteiger partial charge in [0.1, 0.15) is 17.5 Å². The molecule has 1 rings (SSSR count). The third kappa shape index (κ3) is 7.42. The van der Waals surface area contributed by atoms with Crippen LogP contribution >= 0.6 is 0 Å². The molecule has 1 unspecified atom stereocenters. The molecule has 0 aliphatic carbocycles. The van der Waals surface area contributed by atoms with E-state index in [4.69, 9.17) is 0 Å². The highest BCUT2D eigenvalue weighted by molar-refractivity contribution is 5.37. The van der Waals surface area contributed by atoms with E-state index in [-0.39, 0.29) is 5.92 Å². The van der Waals surface area contributed by atoms with Crippen molar-refractivity contribution in [2.75, 3.05) is 0 Å². The number of nitrogens with zero attached hydrogens (tertiary/aromatic N) is 3. The number of aromatic nitrogens is 3. The van der Waals surface area contributed by atoms with Crippen molar-refractivity contribution in [2.24, 2.45) is 0 Å². The van der Waals surface area contributed by atoms with E-state index in [0.29, 0.717) is 6.42 Å². The fourth-order valence-corrected chi connectivity index (χ4v) is 2.19. The Morgan fingerprint density at radius 1 is 1.12 bits per heavy atom. The largest absolute Gasteiger partial charge is 0.218 e. The van der Waals surface area contributed by atoms with Crippen molar-refractivity contribution in [3.05, 3.63) is 77.7 Å². The summed E-state index contributed by atoms with van der Waals surface area (Å²) in [5.74, 6) is 2.75. The molecule has 0 radical (unpaired) electrons. The summed E-state index contributed by atoms with van der Waals surface area (Å²) < 4.78 is 0. The van der Waals surface area contributed by atoms with Gasteiger partial charge in [-0.2, -0.15) is 0 Å². The van der Waals surface area contributed by atoms with Gasteiger partial charge in [0.2, 0.25) is 0 Å². The number of rotatable bonds is 9. The topological polar surface area (TPSA) is 38.7 Å². The van der Waals surface area contributed by atoms with E-state index in [9.17, 15) is 0 Å². The maximum atomic E-state index is 4.64. The fraction of sp³-hybridized carbons (Fsp3) is 0.409. The lowest BCUT2D eigenvalue weighted by Gasteiger charge is -2.08. The van der Waals surface area contributed by atoms with Gasteiger partial charge in [-0.05, 0) is 31.4 Å². The van der Waals surface area contributed by atoms with E-state index in [0.717, 1.165) is 41.5 Å². The molecule has 3 nitrogen and oxygen atoms in total. The van der Waals surface area contributed by atoms with Crippen molar-refractivity contribution in [3.63, 3.8) is 0 Å². The van der Waals surface area contributed by atoms with Gasteiger partial charge < -0.3 is 0 Å². The van der Waals surface area contributed by atoms with Gasteiger partial charge in [-0.25, -0.2) is 15.0 Å². The SMILES string of the molecule is C=C(/C=C\C)/C(C)=C/C=C\Cc1nc(CC)nc(C(C)/C=C\CC)n1. The van der Waals surface area contributed by atoms with Crippen LogP contribution in [-0.2, 0) is 12.8 Å². The average Bonchev–Trinajstić information content (AvgIpc) is 2.62. The molecule has 0 spiro atoms. The second kappa shape index (κ2) is 11.3. The normalized spacial score (nSPS) is 14.0. The van der Waals surface area contributed by atoms with Crippen molar-refractivity contribution < 1.29 is 0 Å². The van der Waals surface area contributed by atoms with Gasteiger partial charge in [-0.1, -0.05) is 69.9 Å². The monoisotopic (exact) mass is 337 g/mol. The molecule has 1 aromatic rings. The molecule has 0 aliphatic rings. The molecule has 134 valence electrons. The first-order valence-electron chi connectivity index (χ1n) is 9.07. The molecule has 1 atom stereocenters. The minimum Gasteiger partial charge on any atom is -0.218 e. The minimum absolute atomic E-state index is 0.210. The van der Waals surface area contributed by atoms with Crippen LogP contribution in [-0.4, -0.2) is 15.0 Å². The third-order valence-electron chi connectivity index (χ3n) is 3.79. The zero-order chi connectivity index (χ0) is 18.7. The van der Waals surface area contributed by atoms with E-state index in [1.54, 1.807) is 0 Å². The van der Waals surface area contributed by atoms with Crippen LogP contribution in [0, 0.1) is 0 Å². The van der Waals surface area contributed by atoms with E-state index in [1.165, 1.54) is 0 Å². The summed E-state index contributed by atoms with van der Waals surface area (Å²) in [4.78, 5) is 13.8. The Labute approximate surface area is 153 Å². The Morgan fingerprint density at radius 2 is 1.84 bits per heavy atom. The van der Waals surface area contributed by atoms with Crippen LogP contribution in [0.15, 0.2) is 60.3 Å². The van der Waals surface area contributed by atoms with Crippen LogP contribution in [0.5, 0.6) is 0 Å². The van der Waals surface area contributed by atoms with Gasteiger partial charge in [0.25, 0.3) is 0 Å². The second-order valence-corrected chi connectivity index (χ2v) is 6.01. The molecule has 0 aliphatic heterocycles. The highest BCUT2D eigenvalue weighted by atomic mass is 15.0. The second-order valence-electron chi connectivity index (χ2n) is 6.01. The number of aryl methyl sites for hydroxylation is 1. The Bertz CT molecular complexity index is 679. The molecule has 0 saturated carbocycles. The molecule has 1 heterocycles. The first-order valence-corrected chi connectivity index (χ1v) is 9.07. The van der Waals surface area contributed by atoms with Crippen molar-refractivity contribution in [3.8, 4) is 0 Å². The summed E-state index contributed by atoms with van der Waals surface area (Å²) in [7, 11) is 0. The molecular formula is C22H31N3. The van der Waals surface area contributed by atoms with Crippen molar-refractivity contribution in [2.45, 2.75) is 59.8 Å². The van der Waals surface area contributed by atoms with Gasteiger partial charge in [-0.3, -0.25) is 0 Å². The maximum Gasteiger partial charge on any atom is 0.139 e. The first-order chi connectivity index (χ1) is 12.0. The van der Waals surface area contributed by atoms with Crippen LogP contribution in [0.1, 0.15) is 64.4 Å². The average molecular weight is 338 g/mol. The van der Waals surface area contributed by atoms with Crippen LogP contribution in [0.25, 0.3) is 0 Å². The summed E-state index contributed by atoms with van der Waals surface area (Å²) in [6.45, 7) is 14.4. The Morgan fingerprint density at radius 3 is 2.48 bits per heavy atom. The predicted molar refractivity (Wildman–Crippen MR) is 108 cm³/mol. The van der Waals surface area contributed by atoms with Crippen LogP contribution in [0.4, 0.5) is 0 Å². The Kier molecular flexibility index (Phi) is 9.38. The third-order valence-corrected chi connectivity index (χ3v) is 3.79. The molecule has 1 aromatic heterocycles. The predicted octanol–water partition coefficient (Wildman–Crippen LogP) is 5.68. The van der Waals surface area contributed by atoms with Gasteiger partial charge in [0.05, 0.1) is 0 Å². The zero-order valence-electron chi connectivity index (χ0n) is 16.3. The molecule has 3 heteroatoms. The quantitative estimate of drug-likeness (QED) is 0.430. The van der Waals surface area contributed by atoms with Gasteiger partial charge >= 0.3 is 0 Å². The smallest absolute Gasteiger partial charge is 0.139 e. The van der Waals surface area contributed by atoms with Crippen molar-refractivity contribution in [1.82, 2.24) is 15.0 Å². The van der Waals surface area contributed by atoms with E-state index in [2.05, 4.69) is 73.5 Å². The van der Waals surface area contributed by atoms with Crippen LogP contribution < -0.4 is 0 Å². The first kappa shape index (κ1) is 20.8. The molecule has 0 saturated heterocycles. The summed E-state index contributed by atoms with van der Waals surface area (Å²) >= 11 is 0. The molecule has 25 heavy (non-hydrogen) atoms. The lowest BCUT2D eigenvalue weighted by atomic mass is 10.1. The molecule has 0 amide bonds. The van der Waals surface area contributed by atoms with E-state index in [1.807, 2.05) is 25.2 Å². The molecule has 0 fully saturated rings. The minimum atomic E-state index is 0.210. The van der Waals surface area contributed by atoms with Gasteiger partial charge in [0.15, 0.2) is 0 Å². The lowest BCUT2D eigenvalue weighted by Crippen LogP contribution is -2.08.